The molecule has 0 atom stereocenters. The first-order chi connectivity index (χ1) is 10.7. The van der Waals surface area contributed by atoms with E-state index in [4.69, 9.17) is 37.4 Å². The summed E-state index contributed by atoms with van der Waals surface area (Å²) in [7, 11) is 0. The van der Waals surface area contributed by atoms with Gasteiger partial charge in [-0.1, -0.05) is 35.9 Å². The minimum Gasteiger partial charge on any atom is -0.486 e. The lowest BCUT2D eigenvalue weighted by atomic mass is 10.1. The van der Waals surface area contributed by atoms with Crippen molar-refractivity contribution in [2.24, 2.45) is 0 Å². The Morgan fingerprint density at radius 1 is 1.17 bits per heavy atom. The summed E-state index contributed by atoms with van der Waals surface area (Å²) in [6, 6.07) is 3.03. The zero-order valence-corrected chi connectivity index (χ0v) is 14.0. The van der Waals surface area contributed by atoms with Crippen LogP contribution in [0.25, 0.3) is 6.08 Å². The second-order valence-corrected chi connectivity index (χ2v) is 5.96. The fourth-order valence-corrected chi connectivity index (χ4v) is 2.50. The van der Waals surface area contributed by atoms with E-state index in [1.54, 1.807) is 6.08 Å². The summed E-state index contributed by atoms with van der Waals surface area (Å²) < 4.78 is 15.4. The van der Waals surface area contributed by atoms with Gasteiger partial charge >= 0.3 is 11.9 Å². The number of carbonyl (C=O) groups excluding carboxylic acids is 2. The highest BCUT2D eigenvalue weighted by Gasteiger charge is 2.38. The van der Waals surface area contributed by atoms with Gasteiger partial charge in [-0.3, -0.25) is 0 Å². The van der Waals surface area contributed by atoms with Gasteiger partial charge in [0, 0.05) is 13.8 Å². The maximum absolute atomic E-state index is 11.9. The predicted molar refractivity (Wildman–Crippen MR) is 86.4 cm³/mol. The first-order valence-electron chi connectivity index (χ1n) is 6.64. The summed E-state index contributed by atoms with van der Waals surface area (Å²) in [5.74, 6) is -2.54. The summed E-state index contributed by atoms with van der Waals surface area (Å²) in [6.07, 6.45) is 2.85. The van der Waals surface area contributed by atoms with Gasteiger partial charge < -0.3 is 14.2 Å². The van der Waals surface area contributed by atoms with E-state index < -0.39 is 17.7 Å². The third-order valence-electron chi connectivity index (χ3n) is 2.79. The molecule has 0 bridgehead atoms. The van der Waals surface area contributed by atoms with Crippen molar-refractivity contribution in [2.75, 3.05) is 6.61 Å². The van der Waals surface area contributed by atoms with Crippen molar-refractivity contribution in [3.8, 4) is 5.75 Å². The Labute approximate surface area is 143 Å². The normalized spacial score (nSPS) is 16.4. The monoisotopic (exact) mass is 356 g/mol. The number of ether oxygens (including phenoxy) is 3. The summed E-state index contributed by atoms with van der Waals surface area (Å²) in [5, 5.41) is 0.480. The van der Waals surface area contributed by atoms with Crippen LogP contribution in [0.2, 0.25) is 10.0 Å². The SMILES string of the molecule is C=CCOc1c(Cl)cc(C=C2C(=O)OC(C)(C)OC2=O)cc1Cl. The van der Waals surface area contributed by atoms with Crippen molar-refractivity contribution in [3.05, 3.63) is 46.0 Å². The van der Waals surface area contributed by atoms with Crippen LogP contribution in [-0.4, -0.2) is 24.3 Å². The Morgan fingerprint density at radius 2 is 1.70 bits per heavy atom. The Bertz CT molecular complexity index is 661. The average Bonchev–Trinajstić information content (AvgIpc) is 2.41. The molecule has 0 saturated carbocycles. The van der Waals surface area contributed by atoms with Crippen molar-refractivity contribution in [1.29, 1.82) is 0 Å². The van der Waals surface area contributed by atoms with Crippen LogP contribution in [0.15, 0.2) is 30.4 Å². The Balaban J connectivity index is 2.34. The average molecular weight is 357 g/mol. The first kappa shape index (κ1) is 17.4. The molecule has 5 nitrogen and oxygen atoms in total. The molecule has 1 heterocycles. The largest absolute Gasteiger partial charge is 0.486 e. The fourth-order valence-electron chi connectivity index (χ4n) is 1.89. The Kier molecular flexibility index (Phi) is 5.02. The molecular weight excluding hydrogens is 343 g/mol. The van der Waals surface area contributed by atoms with Crippen LogP contribution in [0.3, 0.4) is 0 Å². The fraction of sp³-hybridized carbons (Fsp3) is 0.250. The lowest BCUT2D eigenvalue weighted by Gasteiger charge is -2.29. The molecule has 1 aliphatic heterocycles. The van der Waals surface area contributed by atoms with Crippen LogP contribution in [0.1, 0.15) is 19.4 Å². The zero-order valence-electron chi connectivity index (χ0n) is 12.5. The topological polar surface area (TPSA) is 61.8 Å². The number of esters is 2. The molecule has 2 rings (SSSR count). The molecule has 0 aromatic heterocycles. The van der Waals surface area contributed by atoms with Crippen LogP contribution in [0.5, 0.6) is 5.75 Å². The maximum atomic E-state index is 11.9. The van der Waals surface area contributed by atoms with Gasteiger partial charge in [-0.05, 0) is 23.8 Å². The lowest BCUT2D eigenvalue weighted by Crippen LogP contribution is -2.41. The molecule has 7 heteroatoms. The molecule has 0 radical (unpaired) electrons. The zero-order chi connectivity index (χ0) is 17.2. The second kappa shape index (κ2) is 6.64. The number of benzene rings is 1. The van der Waals surface area contributed by atoms with Gasteiger partial charge in [0.2, 0.25) is 0 Å². The Hall–Kier alpha value is -1.98. The molecule has 0 unspecified atom stereocenters. The molecule has 1 aromatic carbocycles. The van der Waals surface area contributed by atoms with E-state index in [1.165, 1.54) is 32.1 Å². The minimum absolute atomic E-state index is 0.240. The third-order valence-corrected chi connectivity index (χ3v) is 3.36. The van der Waals surface area contributed by atoms with Gasteiger partial charge in [0.1, 0.15) is 12.2 Å². The highest BCUT2D eigenvalue weighted by atomic mass is 35.5. The van der Waals surface area contributed by atoms with Crippen molar-refractivity contribution in [1.82, 2.24) is 0 Å². The number of hydrogen-bond donors (Lipinski definition) is 0. The number of carbonyl (C=O) groups is 2. The number of hydrogen-bond acceptors (Lipinski definition) is 5. The van der Waals surface area contributed by atoms with Gasteiger partial charge in [0.05, 0.1) is 10.0 Å². The molecule has 0 N–H and O–H groups in total. The van der Waals surface area contributed by atoms with E-state index >= 15 is 0 Å². The summed E-state index contributed by atoms with van der Waals surface area (Å²) in [5.41, 5.74) is 0.200. The molecule has 0 spiro atoms. The molecule has 23 heavy (non-hydrogen) atoms. The van der Waals surface area contributed by atoms with E-state index in [-0.39, 0.29) is 22.2 Å². The highest BCUT2D eigenvalue weighted by molar-refractivity contribution is 6.37. The molecular formula is C16H14Cl2O5. The quantitative estimate of drug-likeness (QED) is 0.355. The van der Waals surface area contributed by atoms with E-state index in [0.29, 0.717) is 11.3 Å². The van der Waals surface area contributed by atoms with Crippen LogP contribution in [0.4, 0.5) is 0 Å². The summed E-state index contributed by atoms with van der Waals surface area (Å²) in [4.78, 5) is 23.8. The van der Waals surface area contributed by atoms with Crippen molar-refractivity contribution in [3.63, 3.8) is 0 Å². The van der Waals surface area contributed by atoms with Gasteiger partial charge in [-0.15, -0.1) is 0 Å². The minimum atomic E-state index is -1.29. The predicted octanol–water partition coefficient (Wildman–Crippen LogP) is 3.78. The van der Waals surface area contributed by atoms with E-state index in [1.807, 2.05) is 0 Å². The van der Waals surface area contributed by atoms with Crippen LogP contribution < -0.4 is 4.74 Å². The van der Waals surface area contributed by atoms with Gasteiger partial charge in [0.15, 0.2) is 5.75 Å². The first-order valence-corrected chi connectivity index (χ1v) is 7.40. The van der Waals surface area contributed by atoms with E-state index in [9.17, 15) is 9.59 Å². The molecule has 1 fully saturated rings. The smallest absolute Gasteiger partial charge is 0.348 e. The maximum Gasteiger partial charge on any atom is 0.348 e. The number of cyclic esters (lactones) is 2. The van der Waals surface area contributed by atoms with E-state index in [0.717, 1.165) is 0 Å². The molecule has 0 aliphatic carbocycles. The standard InChI is InChI=1S/C16H14Cl2O5/c1-4-5-21-13-11(17)7-9(8-12(13)18)6-10-14(19)22-16(2,3)23-15(10)20/h4,6-8H,1,5H2,2-3H3. The molecule has 122 valence electrons. The van der Waals surface area contributed by atoms with Crippen LogP contribution in [-0.2, 0) is 19.1 Å². The highest BCUT2D eigenvalue weighted by Crippen LogP contribution is 2.35. The summed E-state index contributed by atoms with van der Waals surface area (Å²) >= 11 is 12.2. The lowest BCUT2D eigenvalue weighted by molar-refractivity contribution is -0.222. The van der Waals surface area contributed by atoms with Crippen molar-refractivity contribution < 1.29 is 23.8 Å². The van der Waals surface area contributed by atoms with Crippen LogP contribution >= 0.6 is 23.2 Å². The second-order valence-electron chi connectivity index (χ2n) is 5.15. The molecule has 1 saturated heterocycles. The van der Waals surface area contributed by atoms with E-state index in [2.05, 4.69) is 6.58 Å². The van der Waals surface area contributed by atoms with Gasteiger partial charge in [-0.2, -0.15) is 0 Å². The Morgan fingerprint density at radius 3 is 2.17 bits per heavy atom. The summed E-state index contributed by atoms with van der Waals surface area (Å²) in [6.45, 7) is 6.72. The van der Waals surface area contributed by atoms with Crippen LogP contribution in [0, 0.1) is 0 Å². The van der Waals surface area contributed by atoms with Gasteiger partial charge in [0.25, 0.3) is 5.79 Å². The third kappa shape index (κ3) is 4.06. The molecule has 1 aliphatic rings. The number of rotatable bonds is 4. The van der Waals surface area contributed by atoms with Gasteiger partial charge in [-0.25, -0.2) is 9.59 Å². The molecule has 1 aromatic rings. The molecule has 0 amide bonds. The van der Waals surface area contributed by atoms with Crippen molar-refractivity contribution >= 4 is 41.2 Å². The van der Waals surface area contributed by atoms with Crippen molar-refractivity contribution in [2.45, 2.75) is 19.6 Å². The number of halogens is 2.